The first-order chi connectivity index (χ1) is 20.2. The van der Waals surface area contributed by atoms with Gasteiger partial charge in [0.2, 0.25) is 0 Å². The number of hydrazone groups is 1. The number of benzene rings is 4. The van der Waals surface area contributed by atoms with Gasteiger partial charge >= 0.3 is 0 Å². The van der Waals surface area contributed by atoms with Crippen molar-refractivity contribution in [1.29, 1.82) is 0 Å². The summed E-state index contributed by atoms with van der Waals surface area (Å²) in [6.07, 6.45) is 1.49. The van der Waals surface area contributed by atoms with Gasteiger partial charge in [-0.05, 0) is 97.9 Å². The van der Waals surface area contributed by atoms with E-state index in [1.807, 2.05) is 43.3 Å². The summed E-state index contributed by atoms with van der Waals surface area (Å²) in [4.78, 5) is 25.1. The zero-order chi connectivity index (χ0) is 30.1. The molecule has 2 N–H and O–H groups in total. The van der Waals surface area contributed by atoms with Crippen LogP contribution in [0.1, 0.15) is 27.0 Å². The van der Waals surface area contributed by atoms with Gasteiger partial charge in [0.25, 0.3) is 11.8 Å². The molecule has 216 valence electrons. The van der Waals surface area contributed by atoms with Crippen LogP contribution in [0.5, 0.6) is 17.2 Å². The van der Waals surface area contributed by atoms with E-state index in [1.165, 1.54) is 13.3 Å². The van der Waals surface area contributed by atoms with E-state index in [1.54, 1.807) is 42.5 Å². The molecule has 0 aliphatic rings. The standard InChI is InChI=1S/C31H26Br2ClN3O5/c1-19-8-10-23(15-26(19)34)36-29(38)18-42-30-24(32)12-21(13-25(30)33)16-35-37-31(39)22-9-11-27(28(14-22)40-2)41-17-20-6-4-3-5-7-20/h3-16H,17-18H2,1-2H3,(H,36,38)(H,37,39)/b35-16+. The van der Waals surface area contributed by atoms with Gasteiger partial charge in [-0.25, -0.2) is 5.43 Å². The number of nitrogens with zero attached hydrogens (tertiary/aromatic N) is 1. The minimum atomic E-state index is -0.418. The molecule has 4 aromatic rings. The van der Waals surface area contributed by atoms with Crippen LogP contribution in [0.4, 0.5) is 5.69 Å². The summed E-state index contributed by atoms with van der Waals surface area (Å²) in [6, 6.07) is 23.4. The molecule has 0 aliphatic carbocycles. The zero-order valence-corrected chi connectivity index (χ0v) is 26.5. The molecule has 8 nitrogen and oxygen atoms in total. The minimum absolute atomic E-state index is 0.217. The lowest BCUT2D eigenvalue weighted by Crippen LogP contribution is -2.20. The summed E-state index contributed by atoms with van der Waals surface area (Å²) in [5.41, 5.74) is 6.05. The van der Waals surface area contributed by atoms with E-state index in [9.17, 15) is 9.59 Å². The van der Waals surface area contributed by atoms with E-state index >= 15 is 0 Å². The molecule has 0 unspecified atom stereocenters. The minimum Gasteiger partial charge on any atom is -0.493 e. The van der Waals surface area contributed by atoms with Crippen molar-refractivity contribution in [2.45, 2.75) is 13.5 Å². The Balaban J connectivity index is 1.32. The second-order valence-electron chi connectivity index (χ2n) is 8.95. The molecule has 0 heterocycles. The average molecular weight is 716 g/mol. The van der Waals surface area contributed by atoms with Crippen molar-refractivity contribution >= 4 is 67.2 Å². The molecule has 0 aromatic heterocycles. The van der Waals surface area contributed by atoms with Crippen LogP contribution >= 0.6 is 43.5 Å². The number of carbonyl (C=O) groups excluding carboxylic acids is 2. The summed E-state index contributed by atoms with van der Waals surface area (Å²) < 4.78 is 18.2. The van der Waals surface area contributed by atoms with Gasteiger partial charge in [-0.15, -0.1) is 0 Å². The molecule has 0 bridgehead atoms. The van der Waals surface area contributed by atoms with Gasteiger partial charge in [0.1, 0.15) is 12.4 Å². The first-order valence-corrected chi connectivity index (χ1v) is 14.6. The van der Waals surface area contributed by atoms with Crippen molar-refractivity contribution in [3.05, 3.63) is 115 Å². The molecule has 4 rings (SSSR count). The molecule has 0 atom stereocenters. The normalized spacial score (nSPS) is 10.8. The van der Waals surface area contributed by atoms with E-state index in [2.05, 4.69) is 47.7 Å². The average Bonchev–Trinajstić information content (AvgIpc) is 2.98. The fourth-order valence-electron chi connectivity index (χ4n) is 3.69. The Morgan fingerprint density at radius 2 is 1.67 bits per heavy atom. The summed E-state index contributed by atoms with van der Waals surface area (Å²) in [5, 5.41) is 7.38. The quantitative estimate of drug-likeness (QED) is 0.124. The van der Waals surface area contributed by atoms with Gasteiger partial charge in [0.05, 0.1) is 22.3 Å². The molecule has 11 heteroatoms. The SMILES string of the molecule is COc1cc(C(=O)N/N=C/c2cc(Br)c(OCC(=O)Nc3ccc(C)c(Cl)c3)c(Br)c2)ccc1OCc1ccccc1. The van der Waals surface area contributed by atoms with Crippen LogP contribution in [-0.2, 0) is 11.4 Å². The largest absolute Gasteiger partial charge is 0.493 e. The van der Waals surface area contributed by atoms with Crippen molar-refractivity contribution in [3.8, 4) is 17.2 Å². The molecule has 0 fully saturated rings. The number of hydrogen-bond acceptors (Lipinski definition) is 6. The third kappa shape index (κ3) is 8.58. The molecule has 4 aromatic carbocycles. The maximum atomic E-state index is 12.7. The monoisotopic (exact) mass is 713 g/mol. The lowest BCUT2D eigenvalue weighted by atomic mass is 10.2. The second kappa shape index (κ2) is 14.9. The van der Waals surface area contributed by atoms with E-state index in [-0.39, 0.29) is 12.5 Å². The Morgan fingerprint density at radius 1 is 0.929 bits per heavy atom. The molecule has 0 spiro atoms. The second-order valence-corrected chi connectivity index (χ2v) is 11.1. The van der Waals surface area contributed by atoms with Crippen LogP contribution in [0, 0.1) is 6.92 Å². The summed E-state index contributed by atoms with van der Waals surface area (Å²) in [6.45, 7) is 2.04. The van der Waals surface area contributed by atoms with Crippen molar-refractivity contribution < 1.29 is 23.8 Å². The maximum absolute atomic E-state index is 12.7. The third-order valence-electron chi connectivity index (χ3n) is 5.87. The summed E-state index contributed by atoms with van der Waals surface area (Å²) in [5.74, 6) is 0.639. The van der Waals surface area contributed by atoms with Crippen molar-refractivity contribution in [1.82, 2.24) is 5.43 Å². The fraction of sp³-hybridized carbons (Fsp3) is 0.129. The van der Waals surface area contributed by atoms with Crippen LogP contribution in [0.15, 0.2) is 92.9 Å². The highest BCUT2D eigenvalue weighted by molar-refractivity contribution is 9.11. The molecule has 0 radical (unpaired) electrons. The van der Waals surface area contributed by atoms with Crippen LogP contribution in [0.3, 0.4) is 0 Å². The van der Waals surface area contributed by atoms with Gasteiger partial charge in [0.15, 0.2) is 18.1 Å². The number of nitrogens with one attached hydrogen (secondary N) is 2. The van der Waals surface area contributed by atoms with Gasteiger partial charge < -0.3 is 19.5 Å². The van der Waals surface area contributed by atoms with Gasteiger partial charge in [0, 0.05) is 16.3 Å². The van der Waals surface area contributed by atoms with Crippen molar-refractivity contribution in [2.75, 3.05) is 19.0 Å². The zero-order valence-electron chi connectivity index (χ0n) is 22.6. The van der Waals surface area contributed by atoms with E-state index in [4.69, 9.17) is 25.8 Å². The smallest absolute Gasteiger partial charge is 0.271 e. The van der Waals surface area contributed by atoms with Crippen molar-refractivity contribution in [3.63, 3.8) is 0 Å². The Morgan fingerprint density at radius 3 is 2.36 bits per heavy atom. The predicted octanol–water partition coefficient (Wildman–Crippen LogP) is 7.54. The fourth-order valence-corrected chi connectivity index (χ4v) is 5.32. The number of carbonyl (C=O) groups is 2. The van der Waals surface area contributed by atoms with Gasteiger partial charge in [-0.1, -0.05) is 48.0 Å². The number of anilines is 1. The number of ether oxygens (including phenoxy) is 3. The highest BCUT2D eigenvalue weighted by Crippen LogP contribution is 2.34. The van der Waals surface area contributed by atoms with E-state index < -0.39 is 5.91 Å². The Hall–Kier alpha value is -3.86. The molecule has 42 heavy (non-hydrogen) atoms. The van der Waals surface area contributed by atoms with Crippen LogP contribution in [0.2, 0.25) is 5.02 Å². The Kier molecular flexibility index (Phi) is 11.0. The van der Waals surface area contributed by atoms with Crippen molar-refractivity contribution in [2.24, 2.45) is 5.10 Å². The highest BCUT2D eigenvalue weighted by atomic mass is 79.9. The number of amides is 2. The Labute approximate surface area is 265 Å². The molecular weight excluding hydrogens is 690 g/mol. The number of rotatable bonds is 11. The first kappa shape index (κ1) is 31.1. The predicted molar refractivity (Wildman–Crippen MR) is 171 cm³/mol. The summed E-state index contributed by atoms with van der Waals surface area (Å²) >= 11 is 13.0. The lowest BCUT2D eigenvalue weighted by molar-refractivity contribution is -0.118. The highest BCUT2D eigenvalue weighted by Gasteiger charge is 2.13. The molecular formula is C31H26Br2ClN3O5. The maximum Gasteiger partial charge on any atom is 0.271 e. The molecule has 2 amide bonds. The molecule has 0 aliphatic heterocycles. The summed E-state index contributed by atoms with van der Waals surface area (Å²) in [7, 11) is 1.51. The van der Waals surface area contributed by atoms with Crippen LogP contribution < -0.4 is 25.0 Å². The van der Waals surface area contributed by atoms with Crippen LogP contribution in [-0.4, -0.2) is 31.7 Å². The number of methoxy groups -OCH3 is 1. The van der Waals surface area contributed by atoms with Gasteiger partial charge in [-0.3, -0.25) is 9.59 Å². The van der Waals surface area contributed by atoms with E-state index in [0.29, 0.717) is 54.6 Å². The number of aryl methyl sites for hydroxylation is 1. The topological polar surface area (TPSA) is 98.3 Å². The van der Waals surface area contributed by atoms with E-state index in [0.717, 1.165) is 11.1 Å². The number of halogens is 3. The molecule has 0 saturated heterocycles. The third-order valence-corrected chi connectivity index (χ3v) is 7.45. The van der Waals surface area contributed by atoms with Crippen LogP contribution in [0.25, 0.3) is 0 Å². The lowest BCUT2D eigenvalue weighted by Gasteiger charge is -2.12. The Bertz CT molecular complexity index is 1590. The van der Waals surface area contributed by atoms with Gasteiger partial charge in [-0.2, -0.15) is 5.10 Å². The molecule has 0 saturated carbocycles. The number of hydrogen-bond donors (Lipinski definition) is 2. The first-order valence-electron chi connectivity index (χ1n) is 12.6.